The fraction of sp³-hybridized carbons (Fsp3) is 0.0323. The van der Waals surface area contributed by atoms with Crippen LogP contribution in [-0.4, -0.2) is 11.3 Å². The van der Waals surface area contributed by atoms with Gasteiger partial charge in [0.2, 0.25) is 0 Å². The number of hydrogen-bond acceptors (Lipinski definition) is 3. The third kappa shape index (κ3) is 6.30. The van der Waals surface area contributed by atoms with Crippen molar-refractivity contribution in [3.63, 3.8) is 0 Å². The van der Waals surface area contributed by atoms with Gasteiger partial charge in [0, 0.05) is 62.0 Å². The van der Waals surface area contributed by atoms with Crippen LogP contribution in [0.2, 0.25) is 0 Å². The topological polar surface area (TPSA) is 14.7 Å². The van der Waals surface area contributed by atoms with Crippen LogP contribution in [0, 0.1) is 13.8 Å². The van der Waals surface area contributed by atoms with Gasteiger partial charge in [0.1, 0.15) is 0 Å². The quantitative estimate of drug-likeness (QED) is 0.148. The molecule has 0 radical (unpaired) electrons. The highest BCUT2D eigenvalue weighted by atomic mass is 15.2. The summed E-state index contributed by atoms with van der Waals surface area (Å²) in [5.41, 5.74) is 22.5. The fourth-order valence-electron chi connectivity index (χ4n) is 10.8. The van der Waals surface area contributed by atoms with E-state index in [1.165, 1.54) is 71.8 Å². The minimum atomic E-state index is -0.0437. The van der Waals surface area contributed by atoms with Gasteiger partial charge >= 0.3 is 0 Å². The van der Waals surface area contributed by atoms with E-state index in [-0.39, 0.29) is 6.71 Å². The smallest absolute Gasteiger partial charge is 0.252 e. The number of aromatic nitrogens is 1. The van der Waals surface area contributed by atoms with E-state index in [1.54, 1.807) is 0 Å². The molecule has 4 nitrogen and oxygen atoms in total. The lowest BCUT2D eigenvalue weighted by atomic mass is 9.33. The maximum absolute atomic E-state index is 2.51. The summed E-state index contributed by atoms with van der Waals surface area (Å²) in [6.45, 7) is 4.26. The lowest BCUT2D eigenvalue weighted by molar-refractivity contribution is 1.18. The van der Waals surface area contributed by atoms with Crippen LogP contribution >= 0.6 is 0 Å². The van der Waals surface area contributed by atoms with Crippen molar-refractivity contribution in [1.29, 1.82) is 0 Å². The Morgan fingerprint density at radius 1 is 0.343 bits per heavy atom. The Morgan fingerprint density at radius 2 is 0.836 bits per heavy atom. The first-order valence-electron chi connectivity index (χ1n) is 23.2. The highest BCUT2D eigenvalue weighted by Gasteiger charge is 2.44. The first-order chi connectivity index (χ1) is 33.1. The Bertz CT molecular complexity index is 3560. The summed E-state index contributed by atoms with van der Waals surface area (Å²) >= 11 is 0. The molecule has 0 aliphatic carbocycles. The fourth-order valence-corrected chi connectivity index (χ4v) is 10.8. The molecule has 2 aliphatic heterocycles. The molecule has 11 aromatic rings. The molecule has 0 unspecified atom stereocenters. The molecule has 0 saturated heterocycles. The van der Waals surface area contributed by atoms with E-state index in [0.717, 1.165) is 45.5 Å². The monoisotopic (exact) mass is 856 g/mol. The van der Waals surface area contributed by atoms with Gasteiger partial charge in [-0.15, -0.1) is 0 Å². The zero-order valence-electron chi connectivity index (χ0n) is 37.4. The minimum Gasteiger partial charge on any atom is -0.311 e. The standard InChI is InChI=1S/C62H45BN4/c1-42-28-33-48(34-29-42)64(49-35-30-43(2)31-36-49)51-40-60-62-61(41-51)66(47-19-7-4-8-20-47)59-37-32-45(39-55(59)63(62)54-24-11-14-27-58(54)65(60)46-17-5-3-6-18-46)44-16-15-21-50(38-44)67-56-25-12-9-22-52(56)53-23-10-13-26-57(53)67/h3-41H,1-2H3. The summed E-state index contributed by atoms with van der Waals surface area (Å²) in [5.74, 6) is 0. The maximum atomic E-state index is 2.51. The molecular weight excluding hydrogens is 812 g/mol. The van der Waals surface area contributed by atoms with Gasteiger partial charge in [-0.05, 0) is 138 Å². The molecule has 3 heterocycles. The van der Waals surface area contributed by atoms with Crippen LogP contribution in [-0.2, 0) is 0 Å². The molecule has 0 bridgehead atoms. The van der Waals surface area contributed by atoms with Crippen molar-refractivity contribution >= 4 is 96.1 Å². The average Bonchev–Trinajstić information content (AvgIpc) is 3.72. The normalized spacial score (nSPS) is 12.5. The SMILES string of the molecule is Cc1ccc(N(c2ccc(C)cc2)c2cc3c4c(c2)N(c2ccccc2)c2ccc(-c5cccc(-n6c7ccccc7c7ccccc76)c5)cc2B4c2ccccc2N3c2ccccc2)cc1. The van der Waals surface area contributed by atoms with Gasteiger partial charge in [0.05, 0.1) is 16.7 Å². The predicted octanol–water partition coefficient (Wildman–Crippen LogP) is 14.6. The van der Waals surface area contributed by atoms with E-state index >= 15 is 0 Å². The number of anilines is 9. The highest BCUT2D eigenvalue weighted by molar-refractivity contribution is 7.00. The molecule has 0 atom stereocenters. The van der Waals surface area contributed by atoms with Crippen LogP contribution in [0.5, 0.6) is 0 Å². The Kier molecular flexibility index (Phi) is 9.04. The van der Waals surface area contributed by atoms with Gasteiger partial charge in [-0.25, -0.2) is 0 Å². The van der Waals surface area contributed by atoms with Crippen molar-refractivity contribution in [3.05, 3.63) is 248 Å². The summed E-state index contributed by atoms with van der Waals surface area (Å²) in [6, 6.07) is 87.3. The van der Waals surface area contributed by atoms with Gasteiger partial charge in [0.15, 0.2) is 0 Å². The van der Waals surface area contributed by atoms with Crippen LogP contribution in [0.3, 0.4) is 0 Å². The van der Waals surface area contributed by atoms with Crippen molar-refractivity contribution in [2.75, 3.05) is 14.7 Å². The molecule has 0 saturated carbocycles. The van der Waals surface area contributed by atoms with Crippen molar-refractivity contribution in [1.82, 2.24) is 4.57 Å². The summed E-state index contributed by atoms with van der Waals surface area (Å²) in [6.07, 6.45) is 0. The number of fused-ring (bicyclic) bond motifs is 7. The van der Waals surface area contributed by atoms with E-state index < -0.39 is 0 Å². The molecule has 5 heteroatoms. The van der Waals surface area contributed by atoms with Gasteiger partial charge in [0.25, 0.3) is 6.71 Å². The van der Waals surface area contributed by atoms with Gasteiger partial charge in [-0.1, -0.05) is 151 Å². The Labute approximate surface area is 391 Å². The van der Waals surface area contributed by atoms with Crippen LogP contribution in [0.15, 0.2) is 237 Å². The van der Waals surface area contributed by atoms with Crippen molar-refractivity contribution in [3.8, 4) is 16.8 Å². The number of nitrogens with zero attached hydrogens (tertiary/aromatic N) is 4. The molecule has 2 aliphatic rings. The third-order valence-corrected chi connectivity index (χ3v) is 13.8. The summed E-state index contributed by atoms with van der Waals surface area (Å²) in [7, 11) is 0. The van der Waals surface area contributed by atoms with Crippen molar-refractivity contribution < 1.29 is 0 Å². The molecule has 67 heavy (non-hydrogen) atoms. The Morgan fingerprint density at radius 3 is 1.43 bits per heavy atom. The average molecular weight is 857 g/mol. The summed E-state index contributed by atoms with van der Waals surface area (Å²) < 4.78 is 2.41. The molecule has 10 aromatic carbocycles. The summed E-state index contributed by atoms with van der Waals surface area (Å²) in [5, 5.41) is 2.52. The van der Waals surface area contributed by atoms with Crippen molar-refractivity contribution in [2.45, 2.75) is 13.8 Å². The largest absolute Gasteiger partial charge is 0.311 e. The van der Waals surface area contributed by atoms with Crippen LogP contribution in [0.4, 0.5) is 51.2 Å². The first kappa shape index (κ1) is 38.9. The maximum Gasteiger partial charge on any atom is 0.252 e. The molecule has 0 spiro atoms. The number of para-hydroxylation sites is 5. The zero-order chi connectivity index (χ0) is 44.6. The molecular formula is C62H45BN4. The molecule has 0 fully saturated rings. The lowest BCUT2D eigenvalue weighted by Gasteiger charge is -2.45. The molecule has 0 amide bonds. The zero-order valence-corrected chi connectivity index (χ0v) is 37.4. The minimum absolute atomic E-state index is 0.0437. The van der Waals surface area contributed by atoms with E-state index in [2.05, 4.69) is 270 Å². The highest BCUT2D eigenvalue weighted by Crippen LogP contribution is 2.48. The first-order valence-corrected chi connectivity index (χ1v) is 23.2. The molecule has 316 valence electrons. The van der Waals surface area contributed by atoms with Gasteiger partial charge < -0.3 is 19.3 Å². The van der Waals surface area contributed by atoms with E-state index in [9.17, 15) is 0 Å². The third-order valence-electron chi connectivity index (χ3n) is 13.8. The number of rotatable bonds is 7. The van der Waals surface area contributed by atoms with Gasteiger partial charge in [-0.3, -0.25) is 0 Å². The Balaban J connectivity index is 1.07. The summed E-state index contributed by atoms with van der Waals surface area (Å²) in [4.78, 5) is 7.41. The second-order valence-electron chi connectivity index (χ2n) is 17.9. The van der Waals surface area contributed by atoms with E-state index in [4.69, 9.17) is 0 Å². The van der Waals surface area contributed by atoms with Crippen LogP contribution in [0.25, 0.3) is 38.6 Å². The van der Waals surface area contributed by atoms with E-state index in [0.29, 0.717) is 0 Å². The number of aryl methyl sites for hydroxylation is 2. The second kappa shape index (κ2) is 15.6. The van der Waals surface area contributed by atoms with E-state index in [1.807, 2.05) is 0 Å². The number of hydrogen-bond donors (Lipinski definition) is 0. The lowest BCUT2D eigenvalue weighted by Crippen LogP contribution is -2.61. The second-order valence-corrected chi connectivity index (χ2v) is 17.9. The van der Waals surface area contributed by atoms with Crippen LogP contribution in [0.1, 0.15) is 11.1 Å². The number of benzene rings is 10. The molecule has 0 N–H and O–H groups in total. The molecule has 1 aromatic heterocycles. The van der Waals surface area contributed by atoms with Gasteiger partial charge in [-0.2, -0.15) is 0 Å². The Hall–Kier alpha value is -8.54. The van der Waals surface area contributed by atoms with Crippen LogP contribution < -0.4 is 31.1 Å². The predicted molar refractivity (Wildman–Crippen MR) is 284 cm³/mol. The molecule has 13 rings (SSSR count). The van der Waals surface area contributed by atoms with Crippen molar-refractivity contribution in [2.24, 2.45) is 0 Å².